The molecule has 0 rings (SSSR count). The van der Waals surface area contributed by atoms with Crippen molar-refractivity contribution in [2.45, 2.75) is 32.1 Å². The summed E-state index contributed by atoms with van der Waals surface area (Å²) >= 11 is 0. The van der Waals surface area contributed by atoms with Crippen LogP contribution in [0, 0.1) is 0 Å². The molecular formula is C10H17NO5. The first-order valence-corrected chi connectivity index (χ1v) is 4.68. The number of isocyanates is 1. The SMILES string of the molecule is COC(=O)[C@](COC(C)(C)C)(N=C=O)OC. The summed E-state index contributed by atoms with van der Waals surface area (Å²) in [5.74, 6) is -0.803. The van der Waals surface area contributed by atoms with Crippen LogP contribution in [0.1, 0.15) is 20.8 Å². The molecule has 0 bridgehead atoms. The number of ether oxygens (including phenoxy) is 3. The molecule has 92 valence electrons. The van der Waals surface area contributed by atoms with Crippen LogP contribution >= 0.6 is 0 Å². The molecule has 0 unspecified atom stereocenters. The molecule has 0 fully saturated rings. The Morgan fingerprint density at radius 3 is 2.19 bits per heavy atom. The average Bonchev–Trinajstić information content (AvgIpc) is 2.22. The number of methoxy groups -OCH3 is 2. The summed E-state index contributed by atoms with van der Waals surface area (Å²) in [6.45, 7) is 5.19. The van der Waals surface area contributed by atoms with Crippen molar-refractivity contribution in [1.29, 1.82) is 0 Å². The molecule has 0 spiro atoms. The van der Waals surface area contributed by atoms with Gasteiger partial charge in [-0.25, -0.2) is 9.59 Å². The number of rotatable bonds is 5. The van der Waals surface area contributed by atoms with Crippen LogP contribution in [0.25, 0.3) is 0 Å². The maximum Gasteiger partial charge on any atom is 0.364 e. The summed E-state index contributed by atoms with van der Waals surface area (Å²) in [7, 11) is 2.41. The van der Waals surface area contributed by atoms with E-state index in [9.17, 15) is 9.59 Å². The fourth-order valence-corrected chi connectivity index (χ4v) is 0.872. The van der Waals surface area contributed by atoms with E-state index in [0.717, 1.165) is 0 Å². The third-order valence-corrected chi connectivity index (χ3v) is 1.77. The van der Waals surface area contributed by atoms with Crippen molar-refractivity contribution in [1.82, 2.24) is 0 Å². The molecule has 0 aliphatic rings. The van der Waals surface area contributed by atoms with Gasteiger partial charge in [0.25, 0.3) is 5.72 Å². The second-order valence-corrected chi connectivity index (χ2v) is 4.08. The molecule has 0 aromatic carbocycles. The van der Waals surface area contributed by atoms with Gasteiger partial charge in [0, 0.05) is 7.11 Å². The Morgan fingerprint density at radius 1 is 1.31 bits per heavy atom. The van der Waals surface area contributed by atoms with Gasteiger partial charge in [0.1, 0.15) is 6.61 Å². The van der Waals surface area contributed by atoms with Gasteiger partial charge in [0.2, 0.25) is 6.08 Å². The minimum absolute atomic E-state index is 0.213. The van der Waals surface area contributed by atoms with Crippen molar-refractivity contribution in [3.8, 4) is 0 Å². The van der Waals surface area contributed by atoms with E-state index in [0.29, 0.717) is 0 Å². The molecule has 6 nitrogen and oxygen atoms in total. The number of esters is 1. The maximum absolute atomic E-state index is 11.5. The van der Waals surface area contributed by atoms with Crippen LogP contribution < -0.4 is 0 Å². The fraction of sp³-hybridized carbons (Fsp3) is 0.800. The topological polar surface area (TPSA) is 74.2 Å². The summed E-state index contributed by atoms with van der Waals surface area (Å²) in [4.78, 5) is 25.1. The average molecular weight is 231 g/mol. The second-order valence-electron chi connectivity index (χ2n) is 4.08. The van der Waals surface area contributed by atoms with Crippen LogP contribution in [0.4, 0.5) is 0 Å². The van der Waals surface area contributed by atoms with Crippen molar-refractivity contribution in [3.05, 3.63) is 0 Å². The minimum Gasteiger partial charge on any atom is -0.465 e. The van der Waals surface area contributed by atoms with E-state index in [1.807, 2.05) is 0 Å². The lowest BCUT2D eigenvalue weighted by Gasteiger charge is -2.28. The number of aliphatic imine (C=N–C) groups is 1. The highest BCUT2D eigenvalue weighted by Gasteiger charge is 2.42. The van der Waals surface area contributed by atoms with E-state index in [-0.39, 0.29) is 6.61 Å². The molecule has 0 aliphatic heterocycles. The monoisotopic (exact) mass is 231 g/mol. The smallest absolute Gasteiger partial charge is 0.364 e. The number of carbonyl (C=O) groups excluding carboxylic acids is 2. The first-order valence-electron chi connectivity index (χ1n) is 4.68. The van der Waals surface area contributed by atoms with Crippen molar-refractivity contribution in [3.63, 3.8) is 0 Å². The van der Waals surface area contributed by atoms with Crippen LogP contribution in [0.3, 0.4) is 0 Å². The summed E-state index contributed by atoms with van der Waals surface area (Å²) in [5, 5.41) is 0. The summed E-state index contributed by atoms with van der Waals surface area (Å²) in [6, 6.07) is 0. The Morgan fingerprint density at radius 2 is 1.88 bits per heavy atom. The van der Waals surface area contributed by atoms with E-state index in [1.165, 1.54) is 20.3 Å². The third-order valence-electron chi connectivity index (χ3n) is 1.77. The highest BCUT2D eigenvalue weighted by atomic mass is 16.6. The van der Waals surface area contributed by atoms with Gasteiger partial charge < -0.3 is 14.2 Å². The summed E-state index contributed by atoms with van der Waals surface area (Å²) in [5.41, 5.74) is -2.26. The molecule has 0 N–H and O–H groups in total. The minimum atomic E-state index is -1.77. The first-order chi connectivity index (χ1) is 7.31. The largest absolute Gasteiger partial charge is 0.465 e. The molecule has 16 heavy (non-hydrogen) atoms. The van der Waals surface area contributed by atoms with E-state index < -0.39 is 17.3 Å². The summed E-state index contributed by atoms with van der Waals surface area (Å²) in [6.07, 6.45) is 1.28. The lowest BCUT2D eigenvalue weighted by molar-refractivity contribution is -0.178. The second kappa shape index (κ2) is 5.75. The van der Waals surface area contributed by atoms with Gasteiger partial charge in [0.15, 0.2) is 0 Å². The van der Waals surface area contributed by atoms with E-state index in [4.69, 9.17) is 9.47 Å². The Kier molecular flexibility index (Phi) is 5.30. The Hall–Kier alpha value is -1.23. The molecule has 6 heteroatoms. The Labute approximate surface area is 94.6 Å². The number of carbonyl (C=O) groups is 1. The molecule has 0 aromatic rings. The van der Waals surface area contributed by atoms with Gasteiger partial charge in [-0.2, -0.15) is 4.99 Å². The molecule has 0 amide bonds. The van der Waals surface area contributed by atoms with Gasteiger partial charge in [-0.3, -0.25) is 0 Å². The Bertz CT molecular complexity index is 290. The van der Waals surface area contributed by atoms with Gasteiger partial charge in [-0.05, 0) is 20.8 Å². The number of nitrogens with zero attached hydrogens (tertiary/aromatic N) is 1. The van der Waals surface area contributed by atoms with Crippen LogP contribution in [0.5, 0.6) is 0 Å². The van der Waals surface area contributed by atoms with Crippen LogP contribution in [-0.2, 0) is 23.8 Å². The van der Waals surface area contributed by atoms with Crippen LogP contribution in [-0.4, -0.2) is 44.2 Å². The maximum atomic E-state index is 11.5. The normalized spacial score (nSPS) is 14.8. The van der Waals surface area contributed by atoms with E-state index in [2.05, 4.69) is 9.73 Å². The van der Waals surface area contributed by atoms with Crippen molar-refractivity contribution >= 4 is 12.0 Å². The molecule has 0 aromatic heterocycles. The van der Waals surface area contributed by atoms with Crippen molar-refractivity contribution in [2.24, 2.45) is 4.99 Å². The van der Waals surface area contributed by atoms with Gasteiger partial charge in [-0.1, -0.05) is 0 Å². The van der Waals surface area contributed by atoms with Gasteiger partial charge in [0.05, 0.1) is 12.7 Å². The van der Waals surface area contributed by atoms with Crippen LogP contribution in [0.2, 0.25) is 0 Å². The zero-order chi connectivity index (χ0) is 12.8. The molecule has 0 radical (unpaired) electrons. The van der Waals surface area contributed by atoms with Crippen LogP contribution in [0.15, 0.2) is 4.99 Å². The molecule has 1 atom stereocenters. The molecule has 0 saturated carbocycles. The van der Waals surface area contributed by atoms with E-state index >= 15 is 0 Å². The molecule has 0 saturated heterocycles. The highest BCUT2D eigenvalue weighted by molar-refractivity contribution is 5.80. The van der Waals surface area contributed by atoms with E-state index in [1.54, 1.807) is 20.8 Å². The zero-order valence-electron chi connectivity index (χ0n) is 10.2. The number of hydrogen-bond acceptors (Lipinski definition) is 6. The number of hydrogen-bond donors (Lipinski definition) is 0. The predicted octanol–water partition coefficient (Wildman–Crippen LogP) is 0.653. The Balaban J connectivity index is 4.92. The highest BCUT2D eigenvalue weighted by Crippen LogP contribution is 2.18. The molecule has 0 aliphatic carbocycles. The quantitative estimate of drug-likeness (QED) is 0.394. The lowest BCUT2D eigenvalue weighted by atomic mass is 10.2. The zero-order valence-corrected chi connectivity index (χ0v) is 10.2. The fourth-order valence-electron chi connectivity index (χ4n) is 0.872. The standard InChI is InChI=1S/C10H17NO5/c1-9(2,3)16-6-10(15-5,11-7-12)8(13)14-4/h6H2,1-5H3/t10-/m1/s1. The molecule has 0 heterocycles. The predicted molar refractivity (Wildman–Crippen MR) is 55.6 cm³/mol. The first kappa shape index (κ1) is 14.8. The van der Waals surface area contributed by atoms with Gasteiger partial charge in [-0.15, -0.1) is 0 Å². The molecular weight excluding hydrogens is 214 g/mol. The van der Waals surface area contributed by atoms with Crippen molar-refractivity contribution < 1.29 is 23.8 Å². The summed E-state index contributed by atoms with van der Waals surface area (Å²) < 4.78 is 14.8. The van der Waals surface area contributed by atoms with Gasteiger partial charge >= 0.3 is 5.97 Å². The lowest BCUT2D eigenvalue weighted by Crippen LogP contribution is -2.46. The third kappa shape index (κ3) is 4.10. The van der Waals surface area contributed by atoms with Crippen molar-refractivity contribution in [2.75, 3.05) is 20.8 Å².